The molecule has 3 N–H and O–H groups in total. The van der Waals surface area contributed by atoms with Gasteiger partial charge >= 0.3 is 0 Å². The van der Waals surface area contributed by atoms with Gasteiger partial charge in [0.25, 0.3) is 0 Å². The zero-order valence-electron chi connectivity index (χ0n) is 14.5. The van der Waals surface area contributed by atoms with E-state index in [1.54, 1.807) is 23.5 Å². The van der Waals surface area contributed by atoms with Crippen LogP contribution in [0.4, 0.5) is 5.13 Å². The third-order valence-corrected chi connectivity index (χ3v) is 5.48. The lowest BCUT2D eigenvalue weighted by molar-refractivity contribution is -0.116. The zero-order chi connectivity index (χ0) is 17.6. The molecule has 1 aliphatic rings. The van der Waals surface area contributed by atoms with Gasteiger partial charge in [0, 0.05) is 17.3 Å². The maximum absolute atomic E-state index is 12.2. The molecule has 1 atom stereocenters. The first-order valence-corrected chi connectivity index (χ1v) is 9.75. The van der Waals surface area contributed by atoms with Gasteiger partial charge in [0.1, 0.15) is 5.75 Å². The Morgan fingerprint density at radius 2 is 2.16 bits per heavy atom. The minimum Gasteiger partial charge on any atom is -0.508 e. The molecule has 0 fully saturated rings. The lowest BCUT2D eigenvalue weighted by atomic mass is 9.98. The number of fused-ring (bicyclic) bond motifs is 1. The van der Waals surface area contributed by atoms with Crippen molar-refractivity contribution in [1.29, 1.82) is 0 Å². The van der Waals surface area contributed by atoms with Crippen LogP contribution in [0, 0.1) is 0 Å². The number of thiazole rings is 1. The highest BCUT2D eigenvalue weighted by molar-refractivity contribution is 7.15. The van der Waals surface area contributed by atoms with E-state index in [9.17, 15) is 9.90 Å². The number of carbonyl (C=O) groups excluding carboxylic acids is 1. The van der Waals surface area contributed by atoms with E-state index >= 15 is 0 Å². The molecule has 0 bridgehead atoms. The normalized spacial score (nSPS) is 16.4. The number of hydrogen-bond acceptors (Lipinski definition) is 5. The second-order valence-corrected chi connectivity index (χ2v) is 7.58. The van der Waals surface area contributed by atoms with Gasteiger partial charge < -0.3 is 15.7 Å². The predicted molar refractivity (Wildman–Crippen MR) is 101 cm³/mol. The van der Waals surface area contributed by atoms with Gasteiger partial charge in [-0.15, -0.1) is 11.3 Å². The smallest absolute Gasteiger partial charge is 0.226 e. The number of aromatic nitrogens is 1. The van der Waals surface area contributed by atoms with Gasteiger partial charge in [0.05, 0.1) is 5.69 Å². The third kappa shape index (κ3) is 5.03. The number of aryl methyl sites for hydroxylation is 2. The molecule has 6 heteroatoms. The van der Waals surface area contributed by atoms with Crippen LogP contribution in [-0.2, 0) is 24.1 Å². The molecule has 0 spiro atoms. The monoisotopic (exact) mass is 359 g/mol. The average Bonchev–Trinajstić information content (AvgIpc) is 3.00. The minimum atomic E-state index is -0.0140. The standard InChI is InChI=1S/C19H25N3O2S/c1-2-11-20-14-6-9-16-17(12-14)25-19(21-16)22-18(24)10-5-13-3-7-15(23)8-4-13/h3-4,7-8,14,20,23H,2,5-6,9-12H2,1H3,(H,21,22,24). The van der Waals surface area contributed by atoms with Gasteiger partial charge in [0.15, 0.2) is 5.13 Å². The summed E-state index contributed by atoms with van der Waals surface area (Å²) in [4.78, 5) is 18.1. The molecule has 25 heavy (non-hydrogen) atoms. The third-order valence-electron chi connectivity index (χ3n) is 4.45. The Hall–Kier alpha value is -1.92. The van der Waals surface area contributed by atoms with Gasteiger partial charge in [-0.1, -0.05) is 19.1 Å². The number of aromatic hydroxyl groups is 1. The van der Waals surface area contributed by atoms with Gasteiger partial charge in [-0.05, 0) is 56.3 Å². The Bertz CT molecular complexity index is 712. The van der Waals surface area contributed by atoms with E-state index in [0.29, 0.717) is 18.9 Å². The first-order valence-electron chi connectivity index (χ1n) is 8.93. The van der Waals surface area contributed by atoms with E-state index in [4.69, 9.17) is 0 Å². The minimum absolute atomic E-state index is 0.0140. The number of rotatable bonds is 7. The number of amides is 1. The van der Waals surface area contributed by atoms with Crippen molar-refractivity contribution >= 4 is 22.4 Å². The van der Waals surface area contributed by atoms with E-state index in [1.165, 1.54) is 4.88 Å². The highest BCUT2D eigenvalue weighted by Crippen LogP contribution is 2.30. The lowest BCUT2D eigenvalue weighted by Crippen LogP contribution is -2.34. The summed E-state index contributed by atoms with van der Waals surface area (Å²) in [6.07, 6.45) is 5.32. The molecule has 0 saturated heterocycles. The van der Waals surface area contributed by atoms with Crippen molar-refractivity contribution < 1.29 is 9.90 Å². The molecule has 1 aliphatic carbocycles. The molecule has 3 rings (SSSR count). The lowest BCUT2D eigenvalue weighted by Gasteiger charge is -2.21. The van der Waals surface area contributed by atoms with Gasteiger partial charge in [-0.25, -0.2) is 4.98 Å². The second kappa shape index (κ2) is 8.45. The summed E-state index contributed by atoms with van der Waals surface area (Å²) in [6.45, 7) is 3.24. The summed E-state index contributed by atoms with van der Waals surface area (Å²) in [7, 11) is 0. The first-order chi connectivity index (χ1) is 12.1. The molecule has 134 valence electrons. The van der Waals surface area contributed by atoms with Gasteiger partial charge in [-0.2, -0.15) is 0 Å². The van der Waals surface area contributed by atoms with Crippen molar-refractivity contribution in [3.05, 3.63) is 40.4 Å². The SMILES string of the molecule is CCCNC1CCc2nc(NC(=O)CCc3ccc(O)cc3)sc2C1. The van der Waals surface area contributed by atoms with E-state index in [-0.39, 0.29) is 11.7 Å². The molecular formula is C19H25N3O2S. The quantitative estimate of drug-likeness (QED) is 0.709. The Balaban J connectivity index is 1.51. The molecule has 1 heterocycles. The van der Waals surface area contributed by atoms with Crippen molar-refractivity contribution in [2.75, 3.05) is 11.9 Å². The summed E-state index contributed by atoms with van der Waals surface area (Å²) in [5.74, 6) is 0.230. The van der Waals surface area contributed by atoms with Crippen LogP contribution in [0.15, 0.2) is 24.3 Å². The molecule has 1 aromatic heterocycles. The molecular weight excluding hydrogens is 334 g/mol. The molecule has 1 amide bonds. The summed E-state index contributed by atoms with van der Waals surface area (Å²) in [5, 5.41) is 16.5. The number of phenolic OH excluding ortho intramolecular Hbond substituents is 1. The molecule has 0 radical (unpaired) electrons. The van der Waals surface area contributed by atoms with E-state index in [0.717, 1.165) is 48.6 Å². The zero-order valence-corrected chi connectivity index (χ0v) is 15.4. The number of nitrogens with one attached hydrogen (secondary N) is 2. The number of carbonyl (C=O) groups is 1. The number of nitrogens with zero attached hydrogens (tertiary/aromatic N) is 1. The van der Waals surface area contributed by atoms with Crippen LogP contribution in [0.2, 0.25) is 0 Å². The molecule has 5 nitrogen and oxygen atoms in total. The van der Waals surface area contributed by atoms with Gasteiger partial charge in [0.2, 0.25) is 5.91 Å². The van der Waals surface area contributed by atoms with Crippen molar-refractivity contribution in [3.8, 4) is 5.75 Å². The molecule has 0 saturated carbocycles. The number of benzene rings is 1. The first kappa shape index (κ1) is 17.9. The van der Waals surface area contributed by atoms with Crippen LogP contribution >= 0.6 is 11.3 Å². The summed E-state index contributed by atoms with van der Waals surface area (Å²) in [6, 6.07) is 7.50. The Morgan fingerprint density at radius 3 is 2.92 bits per heavy atom. The van der Waals surface area contributed by atoms with Crippen LogP contribution < -0.4 is 10.6 Å². The van der Waals surface area contributed by atoms with Crippen molar-refractivity contribution in [2.24, 2.45) is 0 Å². The molecule has 0 aliphatic heterocycles. The van der Waals surface area contributed by atoms with Crippen molar-refractivity contribution in [2.45, 2.75) is 51.5 Å². The number of hydrogen-bond donors (Lipinski definition) is 3. The Kier molecular flexibility index (Phi) is 6.04. The van der Waals surface area contributed by atoms with Crippen LogP contribution in [-0.4, -0.2) is 28.6 Å². The summed E-state index contributed by atoms with van der Waals surface area (Å²) in [5.41, 5.74) is 2.18. The predicted octanol–water partition coefficient (Wildman–Crippen LogP) is 3.28. The largest absolute Gasteiger partial charge is 0.508 e. The van der Waals surface area contributed by atoms with Crippen LogP contribution in [0.1, 0.15) is 42.3 Å². The van der Waals surface area contributed by atoms with Gasteiger partial charge in [-0.3, -0.25) is 4.79 Å². The molecule has 1 aromatic carbocycles. The van der Waals surface area contributed by atoms with Crippen LogP contribution in [0.5, 0.6) is 5.75 Å². The van der Waals surface area contributed by atoms with Crippen molar-refractivity contribution in [1.82, 2.24) is 10.3 Å². The second-order valence-electron chi connectivity index (χ2n) is 6.50. The molecule has 1 unspecified atom stereocenters. The fourth-order valence-corrected chi connectivity index (χ4v) is 4.16. The van der Waals surface area contributed by atoms with E-state index in [1.807, 2.05) is 12.1 Å². The topological polar surface area (TPSA) is 74.2 Å². The maximum atomic E-state index is 12.2. The Labute approximate surface area is 152 Å². The van der Waals surface area contributed by atoms with E-state index < -0.39 is 0 Å². The fraction of sp³-hybridized carbons (Fsp3) is 0.474. The van der Waals surface area contributed by atoms with Crippen LogP contribution in [0.3, 0.4) is 0 Å². The number of phenols is 1. The Morgan fingerprint density at radius 1 is 1.36 bits per heavy atom. The van der Waals surface area contributed by atoms with Crippen molar-refractivity contribution in [3.63, 3.8) is 0 Å². The number of anilines is 1. The maximum Gasteiger partial charge on any atom is 0.226 e. The summed E-state index contributed by atoms with van der Waals surface area (Å²) < 4.78 is 0. The van der Waals surface area contributed by atoms with E-state index in [2.05, 4.69) is 22.5 Å². The average molecular weight is 359 g/mol. The highest BCUT2D eigenvalue weighted by Gasteiger charge is 2.22. The molecule has 2 aromatic rings. The summed E-state index contributed by atoms with van der Waals surface area (Å²) >= 11 is 1.61. The highest BCUT2D eigenvalue weighted by atomic mass is 32.1. The fourth-order valence-electron chi connectivity index (χ4n) is 3.05. The van der Waals surface area contributed by atoms with Crippen LogP contribution in [0.25, 0.3) is 0 Å².